The van der Waals surface area contributed by atoms with Crippen LogP contribution in [0.2, 0.25) is 0 Å². The minimum absolute atomic E-state index is 0.0293. The van der Waals surface area contributed by atoms with Gasteiger partial charge in [-0.1, -0.05) is 159 Å². The number of hydrogen-bond donors (Lipinski definition) is 0. The van der Waals surface area contributed by atoms with Crippen molar-refractivity contribution in [2.45, 2.75) is 56.8 Å². The molecule has 0 saturated heterocycles. The zero-order valence-corrected chi connectivity index (χ0v) is 34.8. The van der Waals surface area contributed by atoms with Gasteiger partial charge in [0.1, 0.15) is 0 Å². The van der Waals surface area contributed by atoms with Crippen LogP contribution < -0.4 is 0 Å². The Bertz CT molecular complexity index is 2980. The fourth-order valence-electron chi connectivity index (χ4n) is 13.4. The van der Waals surface area contributed by atoms with Gasteiger partial charge < -0.3 is 0 Å². The zero-order valence-electron chi connectivity index (χ0n) is 34.8. The van der Waals surface area contributed by atoms with E-state index in [1.54, 1.807) is 11.1 Å². The third kappa shape index (κ3) is 5.13. The Morgan fingerprint density at radius 2 is 0.820 bits per heavy atom. The highest BCUT2D eigenvalue weighted by molar-refractivity contribution is 5.91. The Labute approximate surface area is 358 Å². The van der Waals surface area contributed by atoms with Crippen molar-refractivity contribution >= 4 is 0 Å². The molecule has 0 amide bonds. The van der Waals surface area contributed by atoms with E-state index < -0.39 is 0 Å². The lowest BCUT2D eigenvalue weighted by Gasteiger charge is -2.61. The lowest BCUT2D eigenvalue weighted by atomic mass is 9.43. The summed E-state index contributed by atoms with van der Waals surface area (Å²) in [5.74, 6) is 5.14. The standard InChI is InChI=1S/C58H47N3/c1-57(2)50-22-10-9-19-46(50)49-21-12-20-45(53(49)57)41-24-26-48-47-25-23-40(33-51(47)58(52(48)34-41)43-28-35-27-36(30-43)31-44(58)29-35)39-17-11-18-42(32-39)56-60-54(37-13-5-3-6-14-37)59-55(61-56)38-15-7-4-8-16-38/h3-26,32-36,43-44H,27-31H2,1-2H3. The molecule has 1 aromatic heterocycles. The Morgan fingerprint density at radius 1 is 0.361 bits per heavy atom. The van der Waals surface area contributed by atoms with E-state index in [1.165, 1.54) is 87.7 Å². The summed E-state index contributed by atoms with van der Waals surface area (Å²) in [6.45, 7) is 4.84. The van der Waals surface area contributed by atoms with E-state index in [0.717, 1.165) is 28.5 Å². The second-order valence-corrected chi connectivity index (χ2v) is 19.2. The molecule has 294 valence electrons. The van der Waals surface area contributed by atoms with E-state index in [1.807, 2.05) is 36.4 Å². The number of hydrogen-bond acceptors (Lipinski definition) is 3. The van der Waals surface area contributed by atoms with Gasteiger partial charge in [-0.05, 0) is 141 Å². The normalized spacial score (nSPS) is 23.1. The number of nitrogens with zero attached hydrogens (tertiary/aromatic N) is 3. The fourth-order valence-corrected chi connectivity index (χ4v) is 13.4. The Balaban J connectivity index is 0.949. The molecular weight excluding hydrogens is 739 g/mol. The highest BCUT2D eigenvalue weighted by Gasteiger charge is 2.61. The van der Waals surface area contributed by atoms with E-state index in [-0.39, 0.29) is 10.8 Å². The van der Waals surface area contributed by atoms with E-state index in [9.17, 15) is 0 Å². The fraction of sp³-hybridized carbons (Fsp3) is 0.224. The molecule has 3 heteroatoms. The SMILES string of the molecule is CC1(C)c2ccccc2-c2cccc(-c3ccc4c(c3)C3(c5cc(-c6cccc(-c7nc(-c8ccccc8)nc(-c8ccccc8)n7)c6)ccc5-4)C4CC5CC(C4)CC3C5)c21. The summed E-state index contributed by atoms with van der Waals surface area (Å²) in [7, 11) is 0. The first-order valence-electron chi connectivity index (χ1n) is 22.4. The van der Waals surface area contributed by atoms with Crippen LogP contribution in [0.1, 0.15) is 68.2 Å². The molecular formula is C58H47N3. The third-order valence-corrected chi connectivity index (χ3v) is 15.7. The van der Waals surface area contributed by atoms with Crippen molar-refractivity contribution in [1.82, 2.24) is 15.0 Å². The van der Waals surface area contributed by atoms with Crippen LogP contribution in [0.15, 0.2) is 164 Å². The minimum Gasteiger partial charge on any atom is -0.208 e. The van der Waals surface area contributed by atoms with Gasteiger partial charge in [-0.2, -0.15) is 0 Å². The second-order valence-electron chi connectivity index (χ2n) is 19.2. The van der Waals surface area contributed by atoms with E-state index in [0.29, 0.717) is 29.3 Å². The number of benzene rings is 7. The largest absolute Gasteiger partial charge is 0.208 e. The quantitative estimate of drug-likeness (QED) is 0.174. The molecule has 4 fully saturated rings. The summed E-state index contributed by atoms with van der Waals surface area (Å²) >= 11 is 0. The third-order valence-electron chi connectivity index (χ3n) is 15.7. The summed E-state index contributed by atoms with van der Waals surface area (Å²) < 4.78 is 0. The van der Waals surface area contributed by atoms with Gasteiger partial charge in [-0.3, -0.25) is 0 Å². The van der Waals surface area contributed by atoms with Crippen LogP contribution in [0.4, 0.5) is 0 Å². The Morgan fingerprint density at radius 3 is 1.48 bits per heavy atom. The van der Waals surface area contributed by atoms with Crippen LogP contribution in [-0.2, 0) is 10.8 Å². The van der Waals surface area contributed by atoms with Gasteiger partial charge >= 0.3 is 0 Å². The van der Waals surface area contributed by atoms with Gasteiger partial charge in [-0.15, -0.1) is 0 Å². The van der Waals surface area contributed by atoms with Gasteiger partial charge in [0.25, 0.3) is 0 Å². The van der Waals surface area contributed by atoms with Crippen LogP contribution in [0.25, 0.3) is 78.7 Å². The average molecular weight is 786 g/mol. The highest BCUT2D eigenvalue weighted by atomic mass is 15.0. The maximum atomic E-state index is 5.09. The van der Waals surface area contributed by atoms with Crippen molar-refractivity contribution < 1.29 is 0 Å². The predicted octanol–water partition coefficient (Wildman–Crippen LogP) is 14.2. The van der Waals surface area contributed by atoms with Crippen LogP contribution in [-0.4, -0.2) is 15.0 Å². The molecule has 8 aromatic rings. The van der Waals surface area contributed by atoms with Crippen molar-refractivity contribution in [1.29, 1.82) is 0 Å². The molecule has 0 aliphatic heterocycles. The molecule has 4 bridgehead atoms. The summed E-state index contributed by atoms with van der Waals surface area (Å²) in [6.07, 6.45) is 6.85. The summed E-state index contributed by atoms with van der Waals surface area (Å²) in [5, 5.41) is 0. The predicted molar refractivity (Wildman–Crippen MR) is 248 cm³/mol. The summed E-state index contributed by atoms with van der Waals surface area (Å²) in [4.78, 5) is 15.1. The van der Waals surface area contributed by atoms with Crippen LogP contribution in [0.3, 0.4) is 0 Å². The zero-order chi connectivity index (χ0) is 40.5. The second kappa shape index (κ2) is 13.0. The van der Waals surface area contributed by atoms with Crippen LogP contribution >= 0.6 is 0 Å². The van der Waals surface area contributed by atoms with Gasteiger partial charge in [0.15, 0.2) is 17.5 Å². The van der Waals surface area contributed by atoms with Gasteiger partial charge in [-0.25, -0.2) is 15.0 Å². The first-order chi connectivity index (χ1) is 29.9. The van der Waals surface area contributed by atoms with Crippen LogP contribution in [0, 0.1) is 23.7 Å². The molecule has 7 aromatic carbocycles. The first kappa shape index (κ1) is 35.3. The molecule has 0 N–H and O–H groups in total. The van der Waals surface area contributed by atoms with Gasteiger partial charge in [0.05, 0.1) is 0 Å². The summed E-state index contributed by atoms with van der Waals surface area (Å²) in [5.41, 5.74) is 19.9. The average Bonchev–Trinajstić information content (AvgIpc) is 3.73. The molecule has 6 aliphatic carbocycles. The van der Waals surface area contributed by atoms with E-state index in [4.69, 9.17) is 15.0 Å². The maximum absolute atomic E-state index is 5.09. The smallest absolute Gasteiger partial charge is 0.164 e. The molecule has 3 nitrogen and oxygen atoms in total. The van der Waals surface area contributed by atoms with Crippen molar-refractivity contribution in [3.05, 3.63) is 186 Å². The topological polar surface area (TPSA) is 38.7 Å². The number of rotatable bonds is 5. The Kier molecular flexibility index (Phi) is 7.54. The molecule has 1 spiro atoms. The van der Waals surface area contributed by atoms with Crippen molar-refractivity contribution in [2.24, 2.45) is 23.7 Å². The van der Waals surface area contributed by atoms with E-state index in [2.05, 4.69) is 141 Å². The number of aromatic nitrogens is 3. The minimum atomic E-state index is -0.0677. The molecule has 14 rings (SSSR count). The maximum Gasteiger partial charge on any atom is 0.164 e. The molecule has 6 aliphatic rings. The molecule has 0 radical (unpaired) electrons. The number of fused-ring (bicyclic) bond motifs is 6. The highest BCUT2D eigenvalue weighted by Crippen LogP contribution is 2.70. The Hall–Kier alpha value is -6.45. The van der Waals surface area contributed by atoms with Gasteiger partial charge in [0.2, 0.25) is 0 Å². The molecule has 1 heterocycles. The molecule has 61 heavy (non-hydrogen) atoms. The monoisotopic (exact) mass is 785 g/mol. The van der Waals surface area contributed by atoms with Crippen molar-refractivity contribution in [3.63, 3.8) is 0 Å². The van der Waals surface area contributed by atoms with Crippen molar-refractivity contribution in [2.75, 3.05) is 0 Å². The molecule has 4 saturated carbocycles. The van der Waals surface area contributed by atoms with Crippen molar-refractivity contribution in [3.8, 4) is 78.7 Å². The molecule has 0 atom stereocenters. The van der Waals surface area contributed by atoms with Gasteiger partial charge in [0, 0.05) is 27.5 Å². The lowest BCUT2D eigenvalue weighted by molar-refractivity contribution is -0.0399. The summed E-state index contributed by atoms with van der Waals surface area (Å²) in [6, 6.07) is 60.5. The first-order valence-corrected chi connectivity index (χ1v) is 22.4. The lowest BCUT2D eigenvalue weighted by Crippen LogP contribution is -2.55. The molecule has 0 unspecified atom stereocenters. The van der Waals surface area contributed by atoms with Crippen LogP contribution in [0.5, 0.6) is 0 Å². The van der Waals surface area contributed by atoms with E-state index >= 15 is 0 Å².